The summed E-state index contributed by atoms with van der Waals surface area (Å²) >= 11 is 0. The average molecular weight is 431 g/mol. The maximum atomic E-state index is 4.49. The molecule has 4 rings (SSSR count). The molecule has 2 N–H and O–H groups in total. The van der Waals surface area contributed by atoms with E-state index >= 15 is 0 Å². The van der Waals surface area contributed by atoms with Gasteiger partial charge in [0.25, 0.3) is 0 Å². The van der Waals surface area contributed by atoms with Crippen LogP contribution < -0.4 is 10.6 Å². The van der Waals surface area contributed by atoms with E-state index in [9.17, 15) is 0 Å². The summed E-state index contributed by atoms with van der Waals surface area (Å²) in [7, 11) is 0. The Labute approximate surface area is 190 Å². The van der Waals surface area contributed by atoms with Gasteiger partial charge in [-0.3, -0.25) is 0 Å². The van der Waals surface area contributed by atoms with Crippen molar-refractivity contribution in [3.8, 4) is 11.1 Å². The first-order chi connectivity index (χ1) is 14.5. The normalized spacial score (nSPS) is 10.3. The van der Waals surface area contributed by atoms with E-state index in [1.165, 1.54) is 33.4 Å². The maximum absolute atomic E-state index is 4.49. The van der Waals surface area contributed by atoms with Crippen molar-refractivity contribution in [1.29, 1.82) is 0 Å². The summed E-state index contributed by atoms with van der Waals surface area (Å²) < 4.78 is 0. The van der Waals surface area contributed by atoms with E-state index in [0.717, 1.165) is 11.4 Å². The number of aryl methyl sites for hydroxylation is 4. The molecule has 0 saturated carbocycles. The zero-order valence-electron chi connectivity index (χ0n) is 18.2. The maximum Gasteiger partial charge on any atom is 0.173 e. The van der Waals surface area contributed by atoms with Crippen LogP contribution in [0, 0.1) is 27.7 Å². The number of hydrogen-bond acceptors (Lipinski definition) is 4. The van der Waals surface area contributed by atoms with Gasteiger partial charge in [0.1, 0.15) is 0 Å². The van der Waals surface area contributed by atoms with Crippen molar-refractivity contribution < 1.29 is 0 Å². The van der Waals surface area contributed by atoms with Gasteiger partial charge in [-0.1, -0.05) is 36.4 Å². The van der Waals surface area contributed by atoms with Gasteiger partial charge in [-0.25, -0.2) is 9.97 Å². The molecule has 4 nitrogen and oxygen atoms in total. The van der Waals surface area contributed by atoms with Crippen LogP contribution in [-0.4, -0.2) is 9.97 Å². The van der Waals surface area contributed by atoms with Crippen LogP contribution in [0.2, 0.25) is 0 Å². The fourth-order valence-electron chi connectivity index (χ4n) is 3.83. The van der Waals surface area contributed by atoms with E-state index in [0.29, 0.717) is 11.6 Å². The summed E-state index contributed by atoms with van der Waals surface area (Å²) in [6.07, 6.45) is 3.39. The third-order valence-corrected chi connectivity index (χ3v) is 5.10. The van der Waals surface area contributed by atoms with Crippen molar-refractivity contribution in [2.75, 3.05) is 10.6 Å². The highest BCUT2D eigenvalue weighted by molar-refractivity contribution is 5.85. The SMILES string of the molecule is Cc1cc(C)cc(Nc2nccnc2Nc2ccc(-c3c(C)cccc3C)cc2)c1.Cl. The van der Waals surface area contributed by atoms with Crippen molar-refractivity contribution in [3.63, 3.8) is 0 Å². The number of rotatable bonds is 5. The monoisotopic (exact) mass is 430 g/mol. The number of nitrogens with one attached hydrogen (secondary N) is 2. The highest BCUT2D eigenvalue weighted by atomic mass is 35.5. The Morgan fingerprint density at radius 3 is 1.68 bits per heavy atom. The van der Waals surface area contributed by atoms with Crippen LogP contribution in [0.5, 0.6) is 0 Å². The fraction of sp³-hybridized carbons (Fsp3) is 0.154. The molecule has 0 radical (unpaired) electrons. The number of aromatic nitrogens is 2. The molecule has 0 fully saturated rings. The first kappa shape index (κ1) is 22.3. The molecule has 0 aliphatic carbocycles. The van der Waals surface area contributed by atoms with Gasteiger partial charge in [-0.2, -0.15) is 0 Å². The Morgan fingerprint density at radius 1 is 0.613 bits per heavy atom. The summed E-state index contributed by atoms with van der Waals surface area (Å²) in [6.45, 7) is 8.48. The van der Waals surface area contributed by atoms with Gasteiger partial charge in [0.05, 0.1) is 0 Å². The first-order valence-corrected chi connectivity index (χ1v) is 10.1. The van der Waals surface area contributed by atoms with E-state index in [2.05, 4.69) is 109 Å². The third-order valence-electron chi connectivity index (χ3n) is 5.10. The lowest BCUT2D eigenvalue weighted by molar-refractivity contribution is 1.19. The second-order valence-corrected chi connectivity index (χ2v) is 7.72. The van der Waals surface area contributed by atoms with Crippen LogP contribution in [0.1, 0.15) is 22.3 Å². The molecular formula is C26H27ClN4. The van der Waals surface area contributed by atoms with Gasteiger partial charge in [0.2, 0.25) is 0 Å². The van der Waals surface area contributed by atoms with Gasteiger partial charge >= 0.3 is 0 Å². The molecule has 158 valence electrons. The lowest BCUT2D eigenvalue weighted by atomic mass is 9.96. The largest absolute Gasteiger partial charge is 0.337 e. The number of halogens is 1. The Morgan fingerprint density at radius 2 is 1.13 bits per heavy atom. The molecule has 1 heterocycles. The number of hydrogen-bond donors (Lipinski definition) is 2. The molecule has 0 aliphatic heterocycles. The Kier molecular flexibility index (Phi) is 6.93. The molecule has 0 saturated heterocycles. The standard InChI is InChI=1S/C26H26N4.ClH/c1-17-14-18(2)16-23(15-17)30-26-25(27-12-13-28-26)29-22-10-8-21(9-11-22)24-19(3)6-5-7-20(24)4;/h5-16H,1-4H3,(H,27,29)(H,28,30);1H. The van der Waals surface area contributed by atoms with E-state index in [1.54, 1.807) is 12.4 Å². The van der Waals surface area contributed by atoms with Crippen LogP contribution >= 0.6 is 12.4 Å². The predicted octanol–water partition coefficient (Wildman–Crippen LogP) is 7.29. The third kappa shape index (κ3) is 5.22. The second kappa shape index (κ2) is 9.63. The highest BCUT2D eigenvalue weighted by Gasteiger charge is 2.09. The Balaban J connectivity index is 0.00000272. The zero-order chi connectivity index (χ0) is 21.1. The van der Waals surface area contributed by atoms with E-state index in [1.807, 2.05) is 0 Å². The first-order valence-electron chi connectivity index (χ1n) is 10.1. The molecule has 4 aromatic rings. The van der Waals surface area contributed by atoms with Gasteiger partial charge in [0, 0.05) is 23.8 Å². The fourth-order valence-corrected chi connectivity index (χ4v) is 3.83. The Hall–Kier alpha value is -3.37. The predicted molar refractivity (Wildman–Crippen MR) is 133 cm³/mol. The minimum Gasteiger partial charge on any atom is -0.337 e. The molecule has 31 heavy (non-hydrogen) atoms. The van der Waals surface area contributed by atoms with Crippen molar-refractivity contribution in [3.05, 3.63) is 95.3 Å². The summed E-state index contributed by atoms with van der Waals surface area (Å²) in [6, 6.07) is 21.2. The van der Waals surface area contributed by atoms with Gasteiger partial charge in [-0.05, 0) is 85.3 Å². The molecule has 0 spiro atoms. The minimum atomic E-state index is 0. The van der Waals surface area contributed by atoms with Gasteiger partial charge in [0.15, 0.2) is 11.6 Å². The van der Waals surface area contributed by atoms with E-state index in [-0.39, 0.29) is 12.4 Å². The van der Waals surface area contributed by atoms with Crippen molar-refractivity contribution >= 4 is 35.4 Å². The van der Waals surface area contributed by atoms with Crippen LogP contribution in [-0.2, 0) is 0 Å². The van der Waals surface area contributed by atoms with Crippen molar-refractivity contribution in [2.45, 2.75) is 27.7 Å². The molecule has 3 aromatic carbocycles. The summed E-state index contributed by atoms with van der Waals surface area (Å²) in [5, 5.41) is 6.78. The number of benzene rings is 3. The molecule has 5 heteroatoms. The summed E-state index contributed by atoms with van der Waals surface area (Å²) in [4.78, 5) is 8.97. The smallest absolute Gasteiger partial charge is 0.173 e. The molecule has 0 unspecified atom stereocenters. The molecule has 0 amide bonds. The summed E-state index contributed by atoms with van der Waals surface area (Å²) in [5.74, 6) is 1.39. The average Bonchev–Trinajstić information content (AvgIpc) is 2.70. The van der Waals surface area contributed by atoms with Gasteiger partial charge < -0.3 is 10.6 Å². The quantitative estimate of drug-likeness (QED) is 0.349. The zero-order valence-corrected chi connectivity index (χ0v) is 19.0. The molecule has 0 aliphatic rings. The lowest BCUT2D eigenvalue weighted by Gasteiger charge is -2.14. The van der Waals surface area contributed by atoms with Crippen molar-refractivity contribution in [2.24, 2.45) is 0 Å². The van der Waals surface area contributed by atoms with Crippen LogP contribution in [0.25, 0.3) is 11.1 Å². The molecule has 1 aromatic heterocycles. The topological polar surface area (TPSA) is 49.8 Å². The van der Waals surface area contributed by atoms with Crippen molar-refractivity contribution in [1.82, 2.24) is 9.97 Å². The van der Waals surface area contributed by atoms with Crippen LogP contribution in [0.3, 0.4) is 0 Å². The van der Waals surface area contributed by atoms with E-state index < -0.39 is 0 Å². The summed E-state index contributed by atoms with van der Waals surface area (Å²) in [5.41, 5.74) is 9.45. The van der Waals surface area contributed by atoms with Crippen LogP contribution in [0.4, 0.5) is 23.0 Å². The number of anilines is 4. The molecule has 0 bridgehead atoms. The molecule has 0 atom stereocenters. The lowest BCUT2D eigenvalue weighted by Crippen LogP contribution is -2.02. The second-order valence-electron chi connectivity index (χ2n) is 7.72. The minimum absolute atomic E-state index is 0. The highest BCUT2D eigenvalue weighted by Crippen LogP contribution is 2.30. The van der Waals surface area contributed by atoms with Gasteiger partial charge in [-0.15, -0.1) is 12.4 Å². The van der Waals surface area contributed by atoms with E-state index in [4.69, 9.17) is 0 Å². The van der Waals surface area contributed by atoms with Crippen LogP contribution in [0.15, 0.2) is 73.1 Å². The number of nitrogens with zero attached hydrogens (tertiary/aromatic N) is 2. The Bertz CT molecular complexity index is 1150. The molecular weight excluding hydrogens is 404 g/mol.